The smallest absolute Gasteiger partial charge is 0.00794 e. The van der Waals surface area contributed by atoms with Crippen LogP contribution >= 0.6 is 11.3 Å². The molecule has 0 saturated heterocycles. The van der Waals surface area contributed by atoms with Crippen molar-refractivity contribution in [2.75, 3.05) is 0 Å². The fourth-order valence-electron chi connectivity index (χ4n) is 2.95. The molecule has 20 heavy (non-hydrogen) atoms. The van der Waals surface area contributed by atoms with Crippen molar-refractivity contribution in [1.82, 2.24) is 0 Å². The van der Waals surface area contributed by atoms with Gasteiger partial charge in [0.15, 0.2) is 0 Å². The van der Waals surface area contributed by atoms with Gasteiger partial charge >= 0.3 is 0 Å². The Hall–Kier alpha value is -1.60. The van der Waals surface area contributed by atoms with Crippen molar-refractivity contribution < 1.29 is 0 Å². The highest BCUT2D eigenvalue weighted by Crippen LogP contribution is 2.31. The van der Waals surface area contributed by atoms with Crippen molar-refractivity contribution >= 4 is 22.1 Å². The summed E-state index contributed by atoms with van der Waals surface area (Å²) in [6.45, 7) is 2.28. The highest BCUT2D eigenvalue weighted by molar-refractivity contribution is 7.10. The van der Waals surface area contributed by atoms with E-state index in [9.17, 15) is 0 Å². The van der Waals surface area contributed by atoms with Gasteiger partial charge < -0.3 is 0 Å². The van der Waals surface area contributed by atoms with E-state index in [1.54, 1.807) is 0 Å². The topological polar surface area (TPSA) is 0 Å². The fourth-order valence-corrected chi connectivity index (χ4v) is 3.82. The van der Waals surface area contributed by atoms with E-state index in [0.29, 0.717) is 5.92 Å². The van der Waals surface area contributed by atoms with Gasteiger partial charge in [-0.2, -0.15) is 0 Å². The van der Waals surface area contributed by atoms with Crippen molar-refractivity contribution in [3.8, 4) is 0 Å². The SMILES string of the molecule is CCCC(Cc1cccc2ccccc12)c1cccs1. The van der Waals surface area contributed by atoms with Crippen molar-refractivity contribution in [2.45, 2.75) is 32.1 Å². The van der Waals surface area contributed by atoms with Crippen molar-refractivity contribution in [2.24, 2.45) is 0 Å². The summed E-state index contributed by atoms with van der Waals surface area (Å²) in [4.78, 5) is 1.53. The first-order chi connectivity index (χ1) is 9.88. The maximum Gasteiger partial charge on any atom is 0.00794 e. The first-order valence-corrected chi connectivity index (χ1v) is 8.26. The summed E-state index contributed by atoms with van der Waals surface area (Å²) in [6.07, 6.45) is 3.66. The third-order valence-electron chi connectivity index (χ3n) is 3.93. The fraction of sp³-hybridized carbons (Fsp3) is 0.263. The van der Waals surface area contributed by atoms with E-state index in [1.807, 2.05) is 11.3 Å². The number of rotatable bonds is 5. The van der Waals surface area contributed by atoms with Crippen molar-refractivity contribution in [1.29, 1.82) is 0 Å². The lowest BCUT2D eigenvalue weighted by Crippen LogP contribution is -2.01. The van der Waals surface area contributed by atoms with Gasteiger partial charge in [-0.1, -0.05) is 61.9 Å². The number of thiophene rings is 1. The third kappa shape index (κ3) is 2.78. The zero-order chi connectivity index (χ0) is 13.8. The van der Waals surface area contributed by atoms with Crippen molar-refractivity contribution in [3.63, 3.8) is 0 Å². The summed E-state index contributed by atoms with van der Waals surface area (Å²) in [6, 6.07) is 19.9. The number of benzene rings is 2. The molecule has 0 amide bonds. The molecule has 1 heterocycles. The van der Waals surface area contributed by atoms with E-state index in [1.165, 1.54) is 34.1 Å². The summed E-state index contributed by atoms with van der Waals surface area (Å²) < 4.78 is 0. The summed E-state index contributed by atoms with van der Waals surface area (Å²) >= 11 is 1.90. The van der Waals surface area contributed by atoms with E-state index in [-0.39, 0.29) is 0 Å². The second-order valence-electron chi connectivity index (χ2n) is 5.34. The molecule has 102 valence electrons. The Labute approximate surface area is 125 Å². The zero-order valence-corrected chi connectivity index (χ0v) is 12.7. The highest BCUT2D eigenvalue weighted by atomic mass is 32.1. The molecule has 1 heteroatoms. The van der Waals surface area contributed by atoms with Gasteiger partial charge in [-0.05, 0) is 46.5 Å². The Morgan fingerprint density at radius 1 is 0.950 bits per heavy atom. The molecule has 0 saturated carbocycles. The molecule has 0 fully saturated rings. The Kier molecular flexibility index (Phi) is 4.17. The number of fused-ring (bicyclic) bond motifs is 1. The summed E-state index contributed by atoms with van der Waals surface area (Å²) in [5, 5.41) is 4.96. The van der Waals surface area contributed by atoms with Gasteiger partial charge in [-0.25, -0.2) is 0 Å². The standard InChI is InChI=1S/C19H20S/c1-2-7-17(19-12-6-13-20-19)14-16-10-5-9-15-8-3-4-11-18(15)16/h3-6,8-13,17H,2,7,14H2,1H3. The van der Waals surface area contributed by atoms with Crippen molar-refractivity contribution in [3.05, 3.63) is 70.4 Å². The largest absolute Gasteiger partial charge is 0.149 e. The minimum absolute atomic E-state index is 0.658. The molecule has 2 aromatic carbocycles. The van der Waals surface area contributed by atoms with E-state index < -0.39 is 0 Å². The first kappa shape index (κ1) is 13.4. The third-order valence-corrected chi connectivity index (χ3v) is 4.96. The molecule has 1 atom stereocenters. The van der Waals surface area contributed by atoms with Crippen LogP contribution in [0.5, 0.6) is 0 Å². The molecule has 0 radical (unpaired) electrons. The van der Waals surface area contributed by atoms with E-state index in [2.05, 4.69) is 66.9 Å². The van der Waals surface area contributed by atoms with Crippen LogP contribution in [0.25, 0.3) is 10.8 Å². The maximum atomic E-state index is 2.29. The van der Waals surface area contributed by atoms with Crippen LogP contribution in [-0.2, 0) is 6.42 Å². The quantitative estimate of drug-likeness (QED) is 0.535. The molecule has 3 rings (SSSR count). The Morgan fingerprint density at radius 3 is 2.60 bits per heavy atom. The van der Waals surface area contributed by atoms with Gasteiger partial charge in [-0.15, -0.1) is 11.3 Å². The van der Waals surface area contributed by atoms with Gasteiger partial charge in [-0.3, -0.25) is 0 Å². The van der Waals surface area contributed by atoms with Gasteiger partial charge in [0.25, 0.3) is 0 Å². The van der Waals surface area contributed by atoms with Crippen LogP contribution in [0.4, 0.5) is 0 Å². The Balaban J connectivity index is 1.94. The molecule has 0 bridgehead atoms. The molecule has 0 N–H and O–H groups in total. The average molecular weight is 280 g/mol. The molecular formula is C19H20S. The van der Waals surface area contributed by atoms with E-state index in [0.717, 1.165) is 6.42 Å². The van der Waals surface area contributed by atoms with Gasteiger partial charge in [0.05, 0.1) is 0 Å². The Bertz CT molecular complexity index is 662. The molecule has 0 nitrogen and oxygen atoms in total. The number of hydrogen-bond donors (Lipinski definition) is 0. The summed E-state index contributed by atoms with van der Waals surface area (Å²) in [7, 11) is 0. The lowest BCUT2D eigenvalue weighted by molar-refractivity contribution is 0.621. The van der Waals surface area contributed by atoms with Crippen LogP contribution in [-0.4, -0.2) is 0 Å². The minimum atomic E-state index is 0.658. The van der Waals surface area contributed by atoms with Crippen LogP contribution in [0.2, 0.25) is 0 Å². The average Bonchev–Trinajstić information content (AvgIpc) is 3.01. The first-order valence-electron chi connectivity index (χ1n) is 7.38. The van der Waals surface area contributed by atoms with Gasteiger partial charge in [0.2, 0.25) is 0 Å². The Morgan fingerprint density at radius 2 is 1.80 bits per heavy atom. The second-order valence-corrected chi connectivity index (χ2v) is 6.32. The lowest BCUT2D eigenvalue weighted by atomic mass is 9.91. The van der Waals surface area contributed by atoms with Crippen LogP contribution < -0.4 is 0 Å². The minimum Gasteiger partial charge on any atom is -0.149 e. The molecule has 0 aliphatic heterocycles. The van der Waals surface area contributed by atoms with Gasteiger partial charge in [0, 0.05) is 4.88 Å². The molecule has 1 aromatic heterocycles. The maximum absolute atomic E-state index is 2.29. The van der Waals surface area contributed by atoms with Crippen LogP contribution in [0, 0.1) is 0 Å². The molecule has 0 aliphatic rings. The number of hydrogen-bond acceptors (Lipinski definition) is 1. The summed E-state index contributed by atoms with van der Waals surface area (Å²) in [5.41, 5.74) is 1.48. The predicted molar refractivity (Wildman–Crippen MR) is 89.6 cm³/mol. The second kappa shape index (κ2) is 6.23. The zero-order valence-electron chi connectivity index (χ0n) is 11.9. The molecule has 0 spiro atoms. The predicted octanol–water partition coefficient (Wildman–Crippen LogP) is 6.03. The summed E-state index contributed by atoms with van der Waals surface area (Å²) in [5.74, 6) is 0.658. The molecule has 3 aromatic rings. The lowest BCUT2D eigenvalue weighted by Gasteiger charge is -2.16. The van der Waals surface area contributed by atoms with Crippen LogP contribution in [0.1, 0.15) is 36.1 Å². The monoisotopic (exact) mass is 280 g/mol. The molecule has 1 unspecified atom stereocenters. The van der Waals surface area contributed by atoms with Crippen LogP contribution in [0.15, 0.2) is 60.0 Å². The normalized spacial score (nSPS) is 12.7. The van der Waals surface area contributed by atoms with E-state index in [4.69, 9.17) is 0 Å². The molecule has 0 aliphatic carbocycles. The van der Waals surface area contributed by atoms with Crippen LogP contribution in [0.3, 0.4) is 0 Å². The molecular weight excluding hydrogens is 260 g/mol. The van der Waals surface area contributed by atoms with Gasteiger partial charge in [0.1, 0.15) is 0 Å². The van der Waals surface area contributed by atoms with E-state index >= 15 is 0 Å². The highest BCUT2D eigenvalue weighted by Gasteiger charge is 2.13.